The van der Waals surface area contributed by atoms with Crippen LogP contribution in [0.4, 0.5) is 4.39 Å². The average molecular weight is 344 g/mol. The molecule has 1 aromatic carbocycles. The fraction of sp³-hybridized carbons (Fsp3) is 0.429. The standard InChI is InChI=1S/C14H15BrFNO3/c1-20-14(19)11-7-2-3-8-17(11)13(18)9-5-4-6-10(15)12(9)16/h4-6,11H,2-3,7-8H2,1H3/t11-/m1/s1. The Kier molecular flexibility index (Phi) is 4.75. The summed E-state index contributed by atoms with van der Waals surface area (Å²) < 4.78 is 19.0. The van der Waals surface area contributed by atoms with E-state index in [4.69, 9.17) is 4.74 Å². The smallest absolute Gasteiger partial charge is 0.328 e. The zero-order valence-corrected chi connectivity index (χ0v) is 12.7. The van der Waals surface area contributed by atoms with Gasteiger partial charge in [0.15, 0.2) is 0 Å². The topological polar surface area (TPSA) is 46.6 Å². The molecule has 2 rings (SSSR count). The summed E-state index contributed by atoms with van der Waals surface area (Å²) in [6.07, 6.45) is 2.20. The number of methoxy groups -OCH3 is 1. The molecule has 0 bridgehead atoms. The Bertz CT molecular complexity index is 535. The van der Waals surface area contributed by atoms with E-state index >= 15 is 0 Å². The molecule has 1 heterocycles. The first-order valence-electron chi connectivity index (χ1n) is 6.39. The van der Waals surface area contributed by atoms with Crippen LogP contribution < -0.4 is 0 Å². The number of halogens is 2. The molecule has 1 aliphatic rings. The highest BCUT2D eigenvalue weighted by Crippen LogP contribution is 2.24. The number of piperidine rings is 1. The number of ether oxygens (including phenoxy) is 1. The minimum absolute atomic E-state index is 0.0322. The number of hydrogen-bond donors (Lipinski definition) is 0. The van der Waals surface area contributed by atoms with Crippen LogP contribution in [0.1, 0.15) is 29.6 Å². The fourth-order valence-corrected chi connectivity index (χ4v) is 2.75. The van der Waals surface area contributed by atoms with Gasteiger partial charge in [0.25, 0.3) is 5.91 Å². The Morgan fingerprint density at radius 2 is 2.15 bits per heavy atom. The molecule has 20 heavy (non-hydrogen) atoms. The van der Waals surface area contributed by atoms with Gasteiger partial charge in [0.2, 0.25) is 0 Å². The zero-order valence-electron chi connectivity index (χ0n) is 11.1. The van der Waals surface area contributed by atoms with E-state index in [0.29, 0.717) is 13.0 Å². The Morgan fingerprint density at radius 3 is 2.85 bits per heavy atom. The molecular formula is C14H15BrFNO3. The highest BCUT2D eigenvalue weighted by molar-refractivity contribution is 9.10. The average Bonchev–Trinajstić information content (AvgIpc) is 2.48. The predicted octanol–water partition coefficient (Wildman–Crippen LogP) is 2.76. The summed E-state index contributed by atoms with van der Waals surface area (Å²) in [5.74, 6) is -1.53. The summed E-state index contributed by atoms with van der Waals surface area (Å²) in [6.45, 7) is 0.435. The minimum Gasteiger partial charge on any atom is -0.467 e. The Balaban J connectivity index is 2.30. The van der Waals surface area contributed by atoms with Crippen molar-refractivity contribution in [2.24, 2.45) is 0 Å². The lowest BCUT2D eigenvalue weighted by atomic mass is 10.0. The van der Waals surface area contributed by atoms with Gasteiger partial charge >= 0.3 is 5.97 Å². The number of carbonyl (C=O) groups excluding carboxylic acids is 2. The monoisotopic (exact) mass is 343 g/mol. The number of amides is 1. The van der Waals surface area contributed by atoms with Crippen molar-refractivity contribution in [3.63, 3.8) is 0 Å². The Labute approximate surface area is 125 Å². The maximum absolute atomic E-state index is 14.0. The molecule has 0 radical (unpaired) electrons. The third-order valence-corrected chi connectivity index (χ3v) is 4.03. The van der Waals surface area contributed by atoms with Crippen LogP contribution in [0.3, 0.4) is 0 Å². The van der Waals surface area contributed by atoms with Crippen LogP contribution >= 0.6 is 15.9 Å². The van der Waals surface area contributed by atoms with Crippen molar-refractivity contribution in [3.05, 3.63) is 34.1 Å². The van der Waals surface area contributed by atoms with Gasteiger partial charge in [0.1, 0.15) is 11.9 Å². The molecule has 0 aliphatic carbocycles. The fourth-order valence-electron chi connectivity index (χ4n) is 2.38. The van der Waals surface area contributed by atoms with Crippen LogP contribution in [0.2, 0.25) is 0 Å². The van der Waals surface area contributed by atoms with E-state index < -0.39 is 23.7 Å². The molecule has 0 saturated carbocycles. The minimum atomic E-state index is -0.625. The van der Waals surface area contributed by atoms with Gasteiger partial charge in [-0.25, -0.2) is 9.18 Å². The van der Waals surface area contributed by atoms with E-state index in [0.717, 1.165) is 12.8 Å². The first-order chi connectivity index (χ1) is 9.56. The van der Waals surface area contributed by atoms with E-state index in [-0.39, 0.29) is 10.0 Å². The summed E-state index contributed by atoms with van der Waals surface area (Å²) >= 11 is 3.06. The molecule has 0 spiro atoms. The lowest BCUT2D eigenvalue weighted by Gasteiger charge is -2.33. The van der Waals surface area contributed by atoms with Crippen LogP contribution in [-0.4, -0.2) is 36.5 Å². The number of benzene rings is 1. The van der Waals surface area contributed by atoms with Gasteiger partial charge in [-0.1, -0.05) is 6.07 Å². The van der Waals surface area contributed by atoms with Gasteiger partial charge < -0.3 is 9.64 Å². The first-order valence-corrected chi connectivity index (χ1v) is 7.18. The van der Waals surface area contributed by atoms with Crippen molar-refractivity contribution in [1.29, 1.82) is 0 Å². The number of nitrogens with zero attached hydrogens (tertiary/aromatic N) is 1. The van der Waals surface area contributed by atoms with Gasteiger partial charge in [-0.3, -0.25) is 4.79 Å². The van der Waals surface area contributed by atoms with E-state index in [9.17, 15) is 14.0 Å². The molecule has 0 N–H and O–H groups in total. The molecule has 0 unspecified atom stereocenters. The van der Waals surface area contributed by atoms with E-state index in [1.807, 2.05) is 0 Å². The molecule has 1 amide bonds. The Hall–Kier alpha value is -1.43. The normalized spacial score (nSPS) is 18.8. The van der Waals surface area contributed by atoms with Crippen LogP contribution in [0.5, 0.6) is 0 Å². The van der Waals surface area contributed by atoms with Crippen molar-refractivity contribution in [1.82, 2.24) is 4.90 Å². The third-order valence-electron chi connectivity index (χ3n) is 3.42. The van der Waals surface area contributed by atoms with Crippen molar-refractivity contribution in [3.8, 4) is 0 Å². The molecule has 6 heteroatoms. The number of esters is 1. The van der Waals surface area contributed by atoms with Crippen LogP contribution in [-0.2, 0) is 9.53 Å². The molecule has 1 atom stereocenters. The summed E-state index contributed by atoms with van der Waals surface area (Å²) in [6, 6.07) is 3.92. The Morgan fingerprint density at radius 1 is 1.40 bits per heavy atom. The largest absolute Gasteiger partial charge is 0.467 e. The van der Waals surface area contributed by atoms with Gasteiger partial charge in [0.05, 0.1) is 17.1 Å². The van der Waals surface area contributed by atoms with Crippen molar-refractivity contribution in [2.45, 2.75) is 25.3 Å². The first kappa shape index (κ1) is 15.0. The molecule has 0 aromatic heterocycles. The van der Waals surface area contributed by atoms with Crippen molar-refractivity contribution >= 4 is 27.8 Å². The maximum Gasteiger partial charge on any atom is 0.328 e. The van der Waals surface area contributed by atoms with E-state index in [1.54, 1.807) is 6.07 Å². The quantitative estimate of drug-likeness (QED) is 0.775. The number of carbonyl (C=O) groups is 2. The SMILES string of the molecule is COC(=O)[C@H]1CCCCN1C(=O)c1cccc(Br)c1F. The molecule has 108 valence electrons. The number of hydrogen-bond acceptors (Lipinski definition) is 3. The summed E-state index contributed by atoms with van der Waals surface area (Å²) in [5.41, 5.74) is -0.0322. The molecule has 1 aromatic rings. The van der Waals surface area contributed by atoms with Crippen molar-refractivity contribution < 1.29 is 18.7 Å². The van der Waals surface area contributed by atoms with Gasteiger partial charge in [-0.2, -0.15) is 0 Å². The zero-order chi connectivity index (χ0) is 14.7. The second kappa shape index (κ2) is 6.35. The van der Waals surface area contributed by atoms with Gasteiger partial charge in [0, 0.05) is 6.54 Å². The second-order valence-corrected chi connectivity index (χ2v) is 5.49. The summed E-state index contributed by atoms with van der Waals surface area (Å²) in [7, 11) is 1.29. The lowest BCUT2D eigenvalue weighted by molar-refractivity contribution is -0.147. The number of likely N-dealkylation sites (tertiary alicyclic amines) is 1. The van der Waals surface area contributed by atoms with Gasteiger partial charge in [-0.05, 0) is 47.3 Å². The molecular weight excluding hydrogens is 329 g/mol. The molecule has 1 aliphatic heterocycles. The second-order valence-electron chi connectivity index (χ2n) is 4.63. The summed E-state index contributed by atoms with van der Waals surface area (Å²) in [5, 5.41) is 0. The van der Waals surface area contributed by atoms with Crippen LogP contribution in [0.15, 0.2) is 22.7 Å². The summed E-state index contributed by atoms with van der Waals surface area (Å²) in [4.78, 5) is 25.6. The van der Waals surface area contributed by atoms with Crippen LogP contribution in [0, 0.1) is 5.82 Å². The third kappa shape index (κ3) is 2.85. The molecule has 1 saturated heterocycles. The van der Waals surface area contributed by atoms with E-state index in [2.05, 4.69) is 15.9 Å². The highest BCUT2D eigenvalue weighted by atomic mass is 79.9. The number of rotatable bonds is 2. The van der Waals surface area contributed by atoms with Gasteiger partial charge in [-0.15, -0.1) is 0 Å². The molecule has 1 fully saturated rings. The van der Waals surface area contributed by atoms with E-state index in [1.165, 1.54) is 24.1 Å². The lowest BCUT2D eigenvalue weighted by Crippen LogP contribution is -2.48. The predicted molar refractivity (Wildman–Crippen MR) is 74.8 cm³/mol. The maximum atomic E-state index is 14.0. The van der Waals surface area contributed by atoms with Crippen LogP contribution in [0.25, 0.3) is 0 Å². The highest BCUT2D eigenvalue weighted by Gasteiger charge is 2.34. The molecule has 4 nitrogen and oxygen atoms in total. The van der Waals surface area contributed by atoms with Crippen molar-refractivity contribution in [2.75, 3.05) is 13.7 Å².